The van der Waals surface area contributed by atoms with Crippen LogP contribution in [0.25, 0.3) is 11.0 Å². The number of β-amino-alcohol motifs (C(OH)–C–C–N with tert-alkyl or cyclic N) is 1. The van der Waals surface area contributed by atoms with Crippen LogP contribution in [0.15, 0.2) is 36.1 Å². The predicted octanol–water partition coefficient (Wildman–Crippen LogP) is 0.915. The van der Waals surface area contributed by atoms with Crippen LogP contribution in [0.1, 0.15) is 5.56 Å². The molecule has 1 aliphatic heterocycles. The molecule has 0 unspecified atom stereocenters. The Bertz CT molecular complexity index is 856. The van der Waals surface area contributed by atoms with Gasteiger partial charge in [-0.2, -0.15) is 0 Å². The number of hydrogen-bond donors (Lipinski definition) is 3. The molecule has 0 amide bonds. The van der Waals surface area contributed by atoms with Gasteiger partial charge in [0.25, 0.3) is 0 Å². The van der Waals surface area contributed by atoms with Gasteiger partial charge in [-0.15, -0.1) is 11.8 Å². The van der Waals surface area contributed by atoms with E-state index in [1.54, 1.807) is 30.4 Å². The highest BCUT2D eigenvalue weighted by atomic mass is 32.2. The lowest BCUT2D eigenvalue weighted by atomic mass is 10.1. The van der Waals surface area contributed by atoms with Gasteiger partial charge in [0.1, 0.15) is 16.9 Å². The Kier molecular flexibility index (Phi) is 4.51. The maximum absolute atomic E-state index is 10.4. The molecule has 2 atom stereocenters. The summed E-state index contributed by atoms with van der Waals surface area (Å²) in [5.74, 6) is 1.48. The van der Waals surface area contributed by atoms with E-state index in [1.807, 2.05) is 6.20 Å². The number of aliphatic hydroxyl groups excluding tert-OH is 1. The zero-order valence-electron chi connectivity index (χ0n) is 13.5. The first kappa shape index (κ1) is 16.2. The molecule has 9 heteroatoms. The lowest BCUT2D eigenvalue weighted by molar-refractivity contribution is 0.149. The Labute approximate surface area is 148 Å². The Hall–Kier alpha value is -2.23. The van der Waals surface area contributed by atoms with Crippen LogP contribution in [-0.2, 0) is 6.54 Å². The summed E-state index contributed by atoms with van der Waals surface area (Å²) in [4.78, 5) is 22.0. The molecule has 4 heterocycles. The van der Waals surface area contributed by atoms with Crippen molar-refractivity contribution in [3.63, 3.8) is 0 Å². The third-order valence-electron chi connectivity index (χ3n) is 4.43. The smallest absolute Gasteiger partial charge is 0.151 e. The molecule has 0 spiro atoms. The van der Waals surface area contributed by atoms with E-state index >= 15 is 0 Å². The van der Waals surface area contributed by atoms with Gasteiger partial charge in [0.15, 0.2) is 5.82 Å². The number of nitrogens with two attached hydrogens (primary N) is 1. The molecule has 8 nitrogen and oxygen atoms in total. The van der Waals surface area contributed by atoms with Gasteiger partial charge in [-0.05, 0) is 0 Å². The van der Waals surface area contributed by atoms with Crippen molar-refractivity contribution in [2.45, 2.75) is 17.7 Å². The van der Waals surface area contributed by atoms with Crippen molar-refractivity contribution < 1.29 is 5.11 Å². The van der Waals surface area contributed by atoms with Crippen molar-refractivity contribution in [2.24, 2.45) is 5.92 Å². The fraction of sp³-hybridized carbons (Fsp3) is 0.375. The van der Waals surface area contributed by atoms with Crippen LogP contribution in [0.5, 0.6) is 0 Å². The second-order valence-electron chi connectivity index (χ2n) is 6.17. The number of likely N-dealkylation sites (tertiary alicyclic amines) is 1. The van der Waals surface area contributed by atoms with Crippen LogP contribution in [0.4, 0.5) is 5.82 Å². The highest BCUT2D eigenvalue weighted by molar-refractivity contribution is 7.99. The summed E-state index contributed by atoms with van der Waals surface area (Å²) in [6, 6.07) is 0. The highest BCUT2D eigenvalue weighted by Gasteiger charge is 2.31. The van der Waals surface area contributed by atoms with E-state index in [1.165, 1.54) is 6.33 Å². The van der Waals surface area contributed by atoms with E-state index in [9.17, 15) is 5.11 Å². The molecule has 0 aliphatic carbocycles. The van der Waals surface area contributed by atoms with Gasteiger partial charge in [0.05, 0.1) is 17.8 Å². The monoisotopic (exact) mass is 357 g/mol. The van der Waals surface area contributed by atoms with Crippen molar-refractivity contribution in [1.82, 2.24) is 29.8 Å². The predicted molar refractivity (Wildman–Crippen MR) is 95.8 cm³/mol. The molecule has 0 bridgehead atoms. The summed E-state index contributed by atoms with van der Waals surface area (Å²) in [6.45, 7) is 2.21. The van der Waals surface area contributed by atoms with Crippen LogP contribution in [0.2, 0.25) is 0 Å². The molecular formula is C16H19N7OS. The number of hydrogen-bond acceptors (Lipinski definition) is 8. The van der Waals surface area contributed by atoms with Crippen LogP contribution >= 0.6 is 11.8 Å². The van der Waals surface area contributed by atoms with E-state index in [-0.39, 0.29) is 12.0 Å². The lowest BCUT2D eigenvalue weighted by Crippen LogP contribution is -2.21. The fourth-order valence-corrected chi connectivity index (χ4v) is 4.14. The van der Waals surface area contributed by atoms with Gasteiger partial charge in [0.2, 0.25) is 0 Å². The molecule has 25 heavy (non-hydrogen) atoms. The summed E-state index contributed by atoms with van der Waals surface area (Å²) in [5.41, 5.74) is 8.55. The Morgan fingerprint density at radius 3 is 3.04 bits per heavy atom. The van der Waals surface area contributed by atoms with E-state index < -0.39 is 0 Å². The molecule has 4 rings (SSSR count). The number of aromatic nitrogens is 5. The van der Waals surface area contributed by atoms with Gasteiger partial charge in [-0.1, -0.05) is 0 Å². The number of aromatic amines is 1. The van der Waals surface area contributed by atoms with E-state index in [4.69, 9.17) is 5.73 Å². The number of nitrogens with one attached hydrogen (secondary N) is 1. The molecule has 0 saturated carbocycles. The number of nitrogen functional groups attached to an aromatic ring is 1. The van der Waals surface area contributed by atoms with Crippen molar-refractivity contribution in [3.8, 4) is 0 Å². The van der Waals surface area contributed by atoms with Crippen LogP contribution in [0.3, 0.4) is 0 Å². The SMILES string of the molecule is Nc1ncnc2c(CN3C[C@H](CSc4cnccn4)[C@@H](O)C3)c[nH]c12. The van der Waals surface area contributed by atoms with Gasteiger partial charge < -0.3 is 15.8 Å². The third-order valence-corrected chi connectivity index (χ3v) is 5.53. The summed E-state index contributed by atoms with van der Waals surface area (Å²) in [7, 11) is 0. The van der Waals surface area contributed by atoms with Gasteiger partial charge >= 0.3 is 0 Å². The first-order valence-electron chi connectivity index (χ1n) is 8.06. The molecule has 0 aromatic carbocycles. The van der Waals surface area contributed by atoms with Crippen molar-refractivity contribution in [2.75, 3.05) is 24.6 Å². The molecule has 3 aromatic rings. The standard InChI is InChI=1S/C16H19N7OS/c17-16-15-14(21-9-22-16)10(3-20-15)5-23-6-11(12(24)7-23)8-25-13-4-18-1-2-19-13/h1-4,9,11-12,20,24H,5-8H2,(H2,17,21,22)/t11-,12+/m1/s1. The first-order valence-corrected chi connectivity index (χ1v) is 9.05. The maximum Gasteiger partial charge on any atom is 0.151 e. The molecule has 3 aromatic heterocycles. The van der Waals surface area contributed by atoms with Gasteiger partial charge in [0, 0.05) is 55.5 Å². The van der Waals surface area contributed by atoms with Crippen LogP contribution < -0.4 is 5.73 Å². The second-order valence-corrected chi connectivity index (χ2v) is 7.21. The molecular weight excluding hydrogens is 338 g/mol. The summed E-state index contributed by atoms with van der Waals surface area (Å²) >= 11 is 1.63. The zero-order valence-corrected chi connectivity index (χ0v) is 14.4. The second kappa shape index (κ2) is 6.95. The van der Waals surface area contributed by atoms with Gasteiger partial charge in [-0.3, -0.25) is 9.88 Å². The Morgan fingerprint density at radius 2 is 2.20 bits per heavy atom. The van der Waals surface area contributed by atoms with Crippen LogP contribution in [-0.4, -0.2) is 59.9 Å². The first-order chi connectivity index (χ1) is 12.2. The number of thioether (sulfide) groups is 1. The number of H-pyrrole nitrogens is 1. The fourth-order valence-electron chi connectivity index (χ4n) is 3.16. The Balaban J connectivity index is 1.40. The van der Waals surface area contributed by atoms with Crippen molar-refractivity contribution >= 4 is 28.6 Å². The molecule has 1 aliphatic rings. The van der Waals surface area contributed by atoms with Crippen LogP contribution in [0, 0.1) is 5.92 Å². The number of rotatable bonds is 5. The topological polar surface area (TPSA) is 117 Å². The molecule has 0 radical (unpaired) electrons. The minimum Gasteiger partial charge on any atom is -0.391 e. The van der Waals surface area contributed by atoms with E-state index in [0.717, 1.165) is 40.5 Å². The molecule has 130 valence electrons. The Morgan fingerprint density at radius 1 is 1.28 bits per heavy atom. The number of aliphatic hydroxyl groups is 1. The van der Waals surface area contributed by atoms with E-state index in [2.05, 4.69) is 29.8 Å². The van der Waals surface area contributed by atoms with Crippen molar-refractivity contribution in [1.29, 1.82) is 0 Å². The maximum atomic E-state index is 10.4. The normalized spacial score (nSPS) is 21.2. The number of fused-ring (bicyclic) bond motifs is 1. The minimum absolute atomic E-state index is 0.205. The average molecular weight is 357 g/mol. The van der Waals surface area contributed by atoms with E-state index in [0.29, 0.717) is 12.4 Å². The molecule has 1 saturated heterocycles. The molecule has 4 N–H and O–H groups in total. The quantitative estimate of drug-likeness (QED) is 0.577. The number of anilines is 1. The average Bonchev–Trinajstić information content (AvgIpc) is 3.19. The zero-order chi connectivity index (χ0) is 17.2. The molecule has 1 fully saturated rings. The third kappa shape index (κ3) is 3.44. The largest absolute Gasteiger partial charge is 0.391 e. The highest BCUT2D eigenvalue weighted by Crippen LogP contribution is 2.27. The van der Waals surface area contributed by atoms with Crippen molar-refractivity contribution in [3.05, 3.63) is 36.7 Å². The lowest BCUT2D eigenvalue weighted by Gasteiger charge is -2.14. The van der Waals surface area contributed by atoms with Gasteiger partial charge in [-0.25, -0.2) is 15.0 Å². The summed E-state index contributed by atoms with van der Waals surface area (Å²) < 4.78 is 0. The number of nitrogens with zero attached hydrogens (tertiary/aromatic N) is 5. The summed E-state index contributed by atoms with van der Waals surface area (Å²) in [5, 5.41) is 11.3. The minimum atomic E-state index is -0.339. The summed E-state index contributed by atoms with van der Waals surface area (Å²) in [6.07, 6.45) is 8.16.